The second-order valence-electron chi connectivity index (χ2n) is 9.02. The second kappa shape index (κ2) is 8.07. The van der Waals surface area contributed by atoms with E-state index in [9.17, 15) is 9.59 Å². The predicted molar refractivity (Wildman–Crippen MR) is 102 cm³/mol. The molecular weight excluding hydrogens is 380 g/mol. The maximum atomic E-state index is 12.9. The van der Waals surface area contributed by atoms with Crippen LogP contribution in [0.5, 0.6) is 0 Å². The Morgan fingerprint density at radius 1 is 1.03 bits per heavy atom. The molecule has 1 unspecified atom stereocenters. The molecule has 3 heterocycles. The van der Waals surface area contributed by atoms with E-state index in [0.717, 1.165) is 5.57 Å². The lowest BCUT2D eigenvalue weighted by Gasteiger charge is -2.29. The van der Waals surface area contributed by atoms with E-state index >= 15 is 0 Å². The highest BCUT2D eigenvalue weighted by molar-refractivity contribution is 5.98. The lowest BCUT2D eigenvalue weighted by atomic mass is 9.99. The lowest BCUT2D eigenvalue weighted by Crippen LogP contribution is -2.46. The van der Waals surface area contributed by atoms with Gasteiger partial charge in [-0.2, -0.15) is 0 Å². The Morgan fingerprint density at radius 2 is 1.72 bits per heavy atom. The van der Waals surface area contributed by atoms with E-state index in [1.54, 1.807) is 13.8 Å². The van der Waals surface area contributed by atoms with Crippen LogP contribution in [0.15, 0.2) is 11.6 Å². The third-order valence-electron chi connectivity index (χ3n) is 5.21. The maximum absolute atomic E-state index is 12.9. The van der Waals surface area contributed by atoms with Gasteiger partial charge in [-0.25, -0.2) is 0 Å². The van der Waals surface area contributed by atoms with E-state index < -0.39 is 54.2 Å². The Morgan fingerprint density at radius 3 is 2.28 bits per heavy atom. The first kappa shape index (κ1) is 22.4. The van der Waals surface area contributed by atoms with Crippen molar-refractivity contribution in [3.63, 3.8) is 0 Å². The van der Waals surface area contributed by atoms with Crippen molar-refractivity contribution in [2.45, 2.75) is 97.2 Å². The summed E-state index contributed by atoms with van der Waals surface area (Å²) in [6, 6.07) is 0. The van der Waals surface area contributed by atoms with Crippen LogP contribution >= 0.6 is 0 Å². The van der Waals surface area contributed by atoms with Gasteiger partial charge in [-0.15, -0.1) is 0 Å². The monoisotopic (exact) mass is 412 g/mol. The molecular formula is C21H32O8. The molecule has 3 saturated heterocycles. The van der Waals surface area contributed by atoms with E-state index in [1.165, 1.54) is 6.92 Å². The van der Waals surface area contributed by atoms with Crippen molar-refractivity contribution in [2.75, 3.05) is 6.61 Å². The van der Waals surface area contributed by atoms with E-state index in [-0.39, 0.29) is 5.78 Å². The molecule has 3 rings (SSSR count). The molecule has 0 N–H and O–H groups in total. The van der Waals surface area contributed by atoms with Gasteiger partial charge >= 0.3 is 5.97 Å². The van der Waals surface area contributed by atoms with Crippen molar-refractivity contribution < 1.29 is 38.0 Å². The number of ketones is 1. The molecule has 0 bridgehead atoms. The number of hydrogen-bond acceptors (Lipinski definition) is 8. The molecule has 3 aliphatic heterocycles. The zero-order valence-electron chi connectivity index (χ0n) is 18.2. The van der Waals surface area contributed by atoms with Crippen LogP contribution < -0.4 is 0 Å². The first-order valence-electron chi connectivity index (χ1n) is 10.1. The summed E-state index contributed by atoms with van der Waals surface area (Å²) in [6.45, 7) is 12.7. The maximum Gasteiger partial charge on any atom is 0.317 e. The average Bonchev–Trinajstić information content (AvgIpc) is 3.17. The molecule has 8 nitrogen and oxygen atoms in total. The Bertz CT molecular complexity index is 678. The molecule has 3 aliphatic rings. The minimum atomic E-state index is -0.878. The third-order valence-corrected chi connectivity index (χ3v) is 5.21. The zero-order chi connectivity index (χ0) is 21.6. The van der Waals surface area contributed by atoms with Crippen LogP contribution in [0.4, 0.5) is 0 Å². The molecule has 0 amide bonds. The first-order valence-corrected chi connectivity index (χ1v) is 10.1. The van der Waals surface area contributed by atoms with Crippen LogP contribution in [0.3, 0.4) is 0 Å². The highest BCUT2D eigenvalue weighted by Gasteiger charge is 2.60. The molecule has 0 aliphatic carbocycles. The smallest absolute Gasteiger partial charge is 0.317 e. The summed E-state index contributed by atoms with van der Waals surface area (Å²) in [5.41, 5.74) is 1.03. The molecule has 0 aromatic rings. The lowest BCUT2D eigenvalue weighted by molar-refractivity contribution is -0.235. The van der Waals surface area contributed by atoms with Crippen molar-refractivity contribution in [1.29, 1.82) is 0 Å². The fraction of sp³-hybridized carbons (Fsp3) is 0.810. The highest BCUT2D eigenvalue weighted by atomic mass is 16.8. The molecule has 3 fully saturated rings. The van der Waals surface area contributed by atoms with Crippen LogP contribution in [0.1, 0.15) is 54.9 Å². The number of esters is 1. The molecule has 164 valence electrons. The Hall–Kier alpha value is -1.32. The van der Waals surface area contributed by atoms with Gasteiger partial charge in [0.15, 0.2) is 30.1 Å². The van der Waals surface area contributed by atoms with E-state index in [4.69, 9.17) is 28.4 Å². The van der Waals surface area contributed by atoms with Crippen LogP contribution in [-0.4, -0.2) is 60.6 Å². The van der Waals surface area contributed by atoms with Gasteiger partial charge in [0.25, 0.3) is 0 Å². The molecule has 0 aromatic carbocycles. The van der Waals surface area contributed by atoms with E-state index in [2.05, 4.69) is 0 Å². The van der Waals surface area contributed by atoms with Crippen molar-refractivity contribution in [2.24, 2.45) is 5.92 Å². The van der Waals surface area contributed by atoms with Gasteiger partial charge in [-0.05, 0) is 54.9 Å². The van der Waals surface area contributed by atoms with Gasteiger partial charge in [0.05, 0.1) is 6.61 Å². The SMILES string of the molecule is CC(=O)C(CC=C(C)C)C(=O)O[C@@H]1[C@H]2OC(C)(C)O[C@H]2O[C@@H]1[C@H]1COC(C)(C)O1. The molecule has 0 aromatic heterocycles. The number of Topliss-reactive ketones (excluding diaryl/α,β-unsaturated/α-hetero) is 1. The minimum Gasteiger partial charge on any atom is -0.456 e. The summed E-state index contributed by atoms with van der Waals surface area (Å²) < 4.78 is 35.2. The van der Waals surface area contributed by atoms with Crippen molar-refractivity contribution in [3.8, 4) is 0 Å². The van der Waals surface area contributed by atoms with Gasteiger partial charge < -0.3 is 28.4 Å². The number of fused-ring (bicyclic) bond motifs is 1. The van der Waals surface area contributed by atoms with Gasteiger partial charge in [-0.3, -0.25) is 9.59 Å². The molecule has 0 radical (unpaired) electrons. The average molecular weight is 412 g/mol. The highest BCUT2D eigenvalue weighted by Crippen LogP contribution is 2.42. The van der Waals surface area contributed by atoms with Gasteiger partial charge in [0, 0.05) is 0 Å². The van der Waals surface area contributed by atoms with Crippen molar-refractivity contribution >= 4 is 11.8 Å². The normalized spacial score (nSPS) is 35.8. The van der Waals surface area contributed by atoms with Crippen LogP contribution in [0.25, 0.3) is 0 Å². The summed E-state index contributed by atoms with van der Waals surface area (Å²) >= 11 is 0. The molecule has 0 saturated carbocycles. The quantitative estimate of drug-likeness (QED) is 0.373. The van der Waals surface area contributed by atoms with E-state index in [1.807, 2.05) is 33.8 Å². The van der Waals surface area contributed by atoms with Gasteiger partial charge in [0.1, 0.15) is 23.9 Å². The molecule has 0 spiro atoms. The van der Waals surface area contributed by atoms with Gasteiger partial charge in [0.2, 0.25) is 0 Å². The third kappa shape index (κ3) is 5.06. The van der Waals surface area contributed by atoms with Crippen molar-refractivity contribution in [3.05, 3.63) is 11.6 Å². The number of allylic oxidation sites excluding steroid dienone is 2. The van der Waals surface area contributed by atoms with Crippen LogP contribution in [-0.2, 0) is 38.0 Å². The van der Waals surface area contributed by atoms with Gasteiger partial charge in [-0.1, -0.05) is 11.6 Å². The standard InChI is InChI=1S/C21H32O8/c1-11(2)8-9-13(12(3)22)18(23)25-16-15(14-10-24-20(4,5)27-14)26-19-17(16)28-21(6,7)29-19/h8,13-17,19H,9-10H2,1-7H3/t13?,14-,15-,16+,17-,19-/m1/s1. The molecule has 29 heavy (non-hydrogen) atoms. The Kier molecular flexibility index (Phi) is 6.23. The summed E-state index contributed by atoms with van der Waals surface area (Å²) in [4.78, 5) is 25.0. The summed E-state index contributed by atoms with van der Waals surface area (Å²) in [5, 5.41) is 0. The number of carbonyl (C=O) groups is 2. The van der Waals surface area contributed by atoms with E-state index in [0.29, 0.717) is 13.0 Å². The number of rotatable bonds is 6. The van der Waals surface area contributed by atoms with Crippen LogP contribution in [0, 0.1) is 5.92 Å². The summed E-state index contributed by atoms with van der Waals surface area (Å²) in [6.07, 6.45) is -0.989. The number of carbonyl (C=O) groups excluding carboxylic acids is 2. The largest absolute Gasteiger partial charge is 0.456 e. The Balaban J connectivity index is 1.78. The first-order chi connectivity index (χ1) is 13.4. The number of ether oxygens (including phenoxy) is 6. The van der Waals surface area contributed by atoms with Crippen LogP contribution in [0.2, 0.25) is 0 Å². The number of hydrogen-bond donors (Lipinski definition) is 0. The predicted octanol–water partition coefficient (Wildman–Crippen LogP) is 2.49. The fourth-order valence-corrected chi connectivity index (χ4v) is 3.81. The minimum absolute atomic E-state index is 0.245. The topological polar surface area (TPSA) is 89.5 Å². The fourth-order valence-electron chi connectivity index (χ4n) is 3.81. The Labute approximate surface area is 171 Å². The summed E-state index contributed by atoms with van der Waals surface area (Å²) in [7, 11) is 0. The second-order valence-corrected chi connectivity index (χ2v) is 9.02. The molecule has 8 heteroatoms. The summed E-state index contributed by atoms with van der Waals surface area (Å²) in [5.74, 6) is -3.34. The van der Waals surface area contributed by atoms with Crippen molar-refractivity contribution in [1.82, 2.24) is 0 Å². The zero-order valence-corrected chi connectivity index (χ0v) is 18.2. The molecule has 6 atom stereocenters.